The monoisotopic (exact) mass is 380 g/mol. The molecule has 0 spiro atoms. The molecule has 0 fully saturated rings. The summed E-state index contributed by atoms with van der Waals surface area (Å²) < 4.78 is 0. The smallest absolute Gasteiger partial charge is 0.329 e. The average Bonchev–Trinajstić information content (AvgIpc) is 2.53. The Bertz CT molecular complexity index is 433. The Hall–Kier alpha value is -1.42. The molecule has 0 aromatic heterocycles. The van der Waals surface area contributed by atoms with Crippen LogP contribution in [0.25, 0.3) is 0 Å². The summed E-state index contributed by atoms with van der Waals surface area (Å²) in [7, 11) is 2.92. The minimum atomic E-state index is -0.581. The molecule has 2 amide bonds. The molecule has 1 unspecified atom stereocenters. The molecule has 1 atom stereocenters. The molecular weight excluding hydrogens is 356 g/mol. The Morgan fingerprint density at radius 3 is 2.21 bits per heavy atom. The highest BCUT2D eigenvalue weighted by atomic mass is 33.1. The van der Waals surface area contributed by atoms with Gasteiger partial charge in [0.2, 0.25) is 0 Å². The molecule has 0 radical (unpaired) electrons. The van der Waals surface area contributed by atoms with E-state index in [4.69, 9.17) is 0 Å². The molecule has 2 N–H and O–H groups in total. The number of amides is 2. The standard InChI is InChI=1S/C14H24N2O6S2/c1-4-5-6-12(14(20)16-22-11(3)18)9-24-23-8-7-13(19)15-21-10(2)17/h12H,4-9H2,1-3H3,(H,15,19)(H,16,20). The van der Waals surface area contributed by atoms with E-state index in [1.165, 1.54) is 35.4 Å². The first-order chi connectivity index (χ1) is 11.4. The normalized spacial score (nSPS) is 11.3. The van der Waals surface area contributed by atoms with E-state index in [0.717, 1.165) is 12.8 Å². The van der Waals surface area contributed by atoms with Gasteiger partial charge in [0.25, 0.3) is 11.8 Å². The van der Waals surface area contributed by atoms with E-state index in [-0.39, 0.29) is 24.2 Å². The average molecular weight is 380 g/mol. The Morgan fingerprint density at radius 1 is 1.00 bits per heavy atom. The maximum absolute atomic E-state index is 12.0. The first-order valence-corrected chi connectivity index (χ1v) is 10.0. The number of hydroxylamine groups is 2. The van der Waals surface area contributed by atoms with Gasteiger partial charge in [-0.1, -0.05) is 41.4 Å². The summed E-state index contributed by atoms with van der Waals surface area (Å²) in [6.07, 6.45) is 2.76. The predicted octanol–water partition coefficient (Wildman–Crippen LogP) is 1.75. The first kappa shape index (κ1) is 22.6. The highest BCUT2D eigenvalue weighted by Gasteiger charge is 2.19. The summed E-state index contributed by atoms with van der Waals surface area (Å²) in [5.41, 5.74) is 4.19. The lowest BCUT2D eigenvalue weighted by molar-refractivity contribution is -0.157. The fourth-order valence-corrected chi connectivity index (χ4v) is 3.80. The van der Waals surface area contributed by atoms with Crippen molar-refractivity contribution in [3.05, 3.63) is 0 Å². The van der Waals surface area contributed by atoms with Gasteiger partial charge in [-0.2, -0.15) is 11.0 Å². The summed E-state index contributed by atoms with van der Waals surface area (Å²) in [4.78, 5) is 53.4. The number of nitrogens with one attached hydrogen (secondary N) is 2. The Kier molecular flexibility index (Phi) is 13.1. The molecule has 0 rings (SSSR count). The van der Waals surface area contributed by atoms with Crippen molar-refractivity contribution in [2.75, 3.05) is 11.5 Å². The van der Waals surface area contributed by atoms with Crippen molar-refractivity contribution in [2.24, 2.45) is 5.92 Å². The van der Waals surface area contributed by atoms with Crippen LogP contribution in [0.2, 0.25) is 0 Å². The van der Waals surface area contributed by atoms with E-state index in [9.17, 15) is 19.2 Å². The van der Waals surface area contributed by atoms with Gasteiger partial charge in [-0.3, -0.25) is 19.2 Å². The minimum absolute atomic E-state index is 0.199. The van der Waals surface area contributed by atoms with E-state index in [0.29, 0.717) is 17.9 Å². The van der Waals surface area contributed by atoms with Crippen LogP contribution in [0.5, 0.6) is 0 Å². The van der Waals surface area contributed by atoms with Crippen molar-refractivity contribution in [1.29, 1.82) is 0 Å². The molecule has 8 nitrogen and oxygen atoms in total. The second-order valence-corrected chi connectivity index (χ2v) is 7.50. The van der Waals surface area contributed by atoms with Gasteiger partial charge in [-0.15, -0.1) is 0 Å². The van der Waals surface area contributed by atoms with Crippen LogP contribution in [0.3, 0.4) is 0 Å². The molecule has 24 heavy (non-hydrogen) atoms. The van der Waals surface area contributed by atoms with E-state index < -0.39 is 11.9 Å². The Balaban J connectivity index is 4.00. The largest absolute Gasteiger partial charge is 0.341 e. The highest BCUT2D eigenvalue weighted by molar-refractivity contribution is 8.76. The predicted molar refractivity (Wildman–Crippen MR) is 92.4 cm³/mol. The topological polar surface area (TPSA) is 111 Å². The number of carbonyl (C=O) groups excluding carboxylic acids is 4. The molecule has 0 aromatic carbocycles. The summed E-state index contributed by atoms with van der Waals surface area (Å²) in [6, 6.07) is 0. The molecular formula is C14H24N2O6S2. The third kappa shape index (κ3) is 13.1. The lowest BCUT2D eigenvalue weighted by atomic mass is 10.0. The fourth-order valence-electron chi connectivity index (χ4n) is 1.45. The van der Waals surface area contributed by atoms with Crippen molar-refractivity contribution in [2.45, 2.75) is 46.5 Å². The van der Waals surface area contributed by atoms with E-state index in [1.807, 2.05) is 12.4 Å². The molecule has 0 saturated heterocycles. The molecule has 0 heterocycles. The van der Waals surface area contributed by atoms with Gasteiger partial charge in [0.15, 0.2) is 0 Å². The molecule has 138 valence electrons. The number of hydrogen-bond acceptors (Lipinski definition) is 8. The number of rotatable bonds is 10. The third-order valence-corrected chi connectivity index (χ3v) is 5.13. The quantitative estimate of drug-likeness (QED) is 0.335. The molecule has 0 aliphatic rings. The van der Waals surface area contributed by atoms with Crippen molar-refractivity contribution >= 4 is 45.3 Å². The molecule has 0 aromatic rings. The molecule has 10 heteroatoms. The van der Waals surface area contributed by atoms with Crippen molar-refractivity contribution in [3.8, 4) is 0 Å². The van der Waals surface area contributed by atoms with E-state index in [1.54, 1.807) is 0 Å². The third-order valence-electron chi connectivity index (χ3n) is 2.65. The lowest BCUT2D eigenvalue weighted by Gasteiger charge is -2.15. The van der Waals surface area contributed by atoms with Crippen molar-refractivity contribution < 1.29 is 28.9 Å². The number of hydrogen-bond donors (Lipinski definition) is 2. The number of carbonyl (C=O) groups is 4. The number of unbranched alkanes of at least 4 members (excludes halogenated alkanes) is 1. The van der Waals surface area contributed by atoms with Gasteiger partial charge in [0.1, 0.15) is 0 Å². The van der Waals surface area contributed by atoms with Crippen LogP contribution >= 0.6 is 21.6 Å². The SMILES string of the molecule is CCCCC(CSSCCC(=O)NOC(C)=O)C(=O)NOC(C)=O. The zero-order valence-electron chi connectivity index (χ0n) is 14.1. The van der Waals surface area contributed by atoms with Crippen LogP contribution in [0.15, 0.2) is 0 Å². The van der Waals surface area contributed by atoms with Crippen LogP contribution in [0.4, 0.5) is 0 Å². The lowest BCUT2D eigenvalue weighted by Crippen LogP contribution is -2.33. The summed E-state index contributed by atoms with van der Waals surface area (Å²) in [5.74, 6) is -1.06. The van der Waals surface area contributed by atoms with Gasteiger partial charge >= 0.3 is 11.9 Å². The van der Waals surface area contributed by atoms with Crippen molar-refractivity contribution in [3.63, 3.8) is 0 Å². The second-order valence-electron chi connectivity index (χ2n) is 4.87. The zero-order valence-corrected chi connectivity index (χ0v) is 15.7. The minimum Gasteiger partial charge on any atom is -0.341 e. The zero-order chi connectivity index (χ0) is 18.4. The molecule has 0 aliphatic heterocycles. The summed E-state index contributed by atoms with van der Waals surface area (Å²) >= 11 is 0. The van der Waals surface area contributed by atoms with Gasteiger partial charge in [-0.05, 0) is 6.42 Å². The van der Waals surface area contributed by atoms with Crippen LogP contribution in [0.1, 0.15) is 46.5 Å². The van der Waals surface area contributed by atoms with Gasteiger partial charge in [0.05, 0.1) is 5.92 Å². The van der Waals surface area contributed by atoms with Crippen LogP contribution in [-0.2, 0) is 28.9 Å². The summed E-state index contributed by atoms with van der Waals surface area (Å²) in [6.45, 7) is 4.44. The second kappa shape index (κ2) is 14.0. The molecule has 0 aliphatic carbocycles. The summed E-state index contributed by atoms with van der Waals surface area (Å²) in [5, 5.41) is 0. The van der Waals surface area contributed by atoms with Gasteiger partial charge in [0, 0.05) is 31.8 Å². The maximum atomic E-state index is 12.0. The van der Waals surface area contributed by atoms with Crippen LogP contribution in [0, 0.1) is 5.92 Å². The van der Waals surface area contributed by atoms with Gasteiger partial charge < -0.3 is 9.68 Å². The molecule has 0 saturated carbocycles. The van der Waals surface area contributed by atoms with Crippen LogP contribution < -0.4 is 11.0 Å². The first-order valence-electron chi connectivity index (χ1n) is 7.54. The van der Waals surface area contributed by atoms with E-state index >= 15 is 0 Å². The fraction of sp³-hybridized carbons (Fsp3) is 0.714. The highest BCUT2D eigenvalue weighted by Crippen LogP contribution is 2.26. The van der Waals surface area contributed by atoms with Gasteiger partial charge in [-0.25, -0.2) is 0 Å². The van der Waals surface area contributed by atoms with Crippen molar-refractivity contribution in [1.82, 2.24) is 11.0 Å². The van der Waals surface area contributed by atoms with Crippen LogP contribution in [-0.4, -0.2) is 35.3 Å². The Labute approximate surface area is 149 Å². The molecule has 0 bridgehead atoms. The Morgan fingerprint density at radius 2 is 1.62 bits per heavy atom. The van der Waals surface area contributed by atoms with E-state index in [2.05, 4.69) is 15.2 Å². The maximum Gasteiger partial charge on any atom is 0.329 e.